The maximum atomic E-state index is 14.3. The molecule has 73 heavy (non-hydrogen) atoms. The lowest BCUT2D eigenvalue weighted by molar-refractivity contribution is -0.161. The van der Waals surface area contributed by atoms with Crippen molar-refractivity contribution < 1.29 is 56.0 Å². The third-order valence-electron chi connectivity index (χ3n) is 10.9. The highest BCUT2D eigenvalue weighted by Gasteiger charge is 2.34. The topological polar surface area (TPSA) is 194 Å². The number of ether oxygens (including phenoxy) is 5. The van der Waals surface area contributed by atoms with Crippen molar-refractivity contribution in [1.29, 1.82) is 10.5 Å². The van der Waals surface area contributed by atoms with Crippen LogP contribution in [-0.4, -0.2) is 75.2 Å². The third kappa shape index (κ3) is 12.3. The normalized spacial score (nSPS) is 10.7. The molecule has 372 valence electrons. The summed E-state index contributed by atoms with van der Waals surface area (Å²) in [6.45, 7) is 2.14. The number of hydrogen-bond acceptors (Lipinski definition) is 13. The van der Waals surface area contributed by atoms with Gasteiger partial charge in [0.25, 0.3) is 11.8 Å². The maximum Gasteiger partial charge on any atom is 0.433 e. The first-order valence-corrected chi connectivity index (χ1v) is 22.4. The van der Waals surface area contributed by atoms with Gasteiger partial charge in [-0.1, -0.05) is 53.4 Å². The number of pyridine rings is 2. The van der Waals surface area contributed by atoms with Crippen LogP contribution in [0.2, 0.25) is 10.0 Å². The van der Waals surface area contributed by atoms with Gasteiger partial charge in [0.15, 0.2) is 6.61 Å². The Bertz CT molecular complexity index is 3310. The number of rotatable bonds is 16. The molecule has 0 N–H and O–H groups in total. The fourth-order valence-electron chi connectivity index (χ4n) is 7.43. The van der Waals surface area contributed by atoms with Crippen molar-refractivity contribution >= 4 is 58.3 Å². The number of nitriles is 2. The van der Waals surface area contributed by atoms with E-state index >= 15 is 0 Å². The first-order chi connectivity index (χ1) is 34.8. The molecule has 0 bridgehead atoms. The highest BCUT2D eigenvalue weighted by Crippen LogP contribution is 2.41. The van der Waals surface area contributed by atoms with E-state index in [1.807, 2.05) is 12.1 Å². The molecule has 0 aliphatic carbocycles. The molecule has 0 aliphatic heterocycles. The van der Waals surface area contributed by atoms with Gasteiger partial charge in [-0.25, -0.2) is 9.78 Å². The number of aryl methyl sites for hydroxylation is 1. The number of hydrogen-bond donors (Lipinski definition) is 0. The summed E-state index contributed by atoms with van der Waals surface area (Å²) in [4.78, 5) is 64.9. The lowest BCUT2D eigenvalue weighted by Crippen LogP contribution is -2.28. The Morgan fingerprint density at radius 3 is 1.92 bits per heavy atom. The molecule has 15 nitrogen and oxygen atoms in total. The molecule has 0 saturated heterocycles. The molecule has 0 fully saturated rings. The number of alkyl halides is 3. The van der Waals surface area contributed by atoms with Gasteiger partial charge in [-0.15, -0.1) is 5.92 Å². The van der Waals surface area contributed by atoms with Crippen molar-refractivity contribution in [3.05, 3.63) is 141 Å². The van der Waals surface area contributed by atoms with Crippen molar-refractivity contribution in [1.82, 2.24) is 9.97 Å². The zero-order chi connectivity index (χ0) is 53.1. The predicted octanol–water partition coefficient (Wildman–Crippen LogP) is 10.4. The van der Waals surface area contributed by atoms with E-state index in [-0.39, 0.29) is 91.2 Å². The predicted molar refractivity (Wildman–Crippen MR) is 264 cm³/mol. The quantitative estimate of drug-likeness (QED) is 0.0385. The summed E-state index contributed by atoms with van der Waals surface area (Å²) in [5, 5.41) is 19.2. The minimum atomic E-state index is -4.78. The van der Waals surface area contributed by atoms with Crippen molar-refractivity contribution in [3.8, 4) is 69.2 Å². The molecule has 0 saturated carbocycles. The summed E-state index contributed by atoms with van der Waals surface area (Å²) in [5.74, 6) is 2.27. The van der Waals surface area contributed by atoms with Gasteiger partial charge < -0.3 is 33.5 Å². The van der Waals surface area contributed by atoms with Crippen molar-refractivity contribution in [2.45, 2.75) is 32.9 Å². The number of esters is 2. The number of methoxy groups -OCH3 is 2. The lowest BCUT2D eigenvalue weighted by atomic mass is 9.98. The number of benzene rings is 4. The zero-order valence-electron chi connectivity index (χ0n) is 39.7. The second-order valence-electron chi connectivity index (χ2n) is 15.6. The summed E-state index contributed by atoms with van der Waals surface area (Å²) >= 11 is 13.4. The molecule has 2 heterocycles. The van der Waals surface area contributed by atoms with E-state index in [0.29, 0.717) is 28.4 Å². The van der Waals surface area contributed by atoms with E-state index < -0.39 is 42.2 Å². The summed E-state index contributed by atoms with van der Waals surface area (Å²) in [6.07, 6.45) is -2.94. The van der Waals surface area contributed by atoms with E-state index in [1.54, 1.807) is 49.4 Å². The minimum Gasteiger partial charge on any atom is -0.495 e. The van der Waals surface area contributed by atoms with Crippen molar-refractivity contribution in [2.24, 2.45) is 0 Å². The SMILES string of the molecule is CC#Cc1cc(C(F)(F)F)ncc1-c1cc(C(=O)N(C)c2ccccc2OC)c(OCC(=O)OC(=O)CCCOc2cc(Cl)c(-c3cnc(C#N)cc3C#N)cc2C(=O)N(C)c2c(C)cccc2OC)cc1Cl. The van der Waals surface area contributed by atoms with Crippen LogP contribution in [0.3, 0.4) is 0 Å². The van der Waals surface area contributed by atoms with Crippen LogP contribution in [0.15, 0.2) is 91.3 Å². The van der Waals surface area contributed by atoms with E-state index in [4.69, 9.17) is 46.9 Å². The molecule has 0 atom stereocenters. The minimum absolute atomic E-state index is 0.00143. The molecule has 0 unspecified atom stereocenters. The molecule has 0 aliphatic rings. The number of amides is 2. The summed E-state index contributed by atoms with van der Waals surface area (Å²) in [5.41, 5.74) is 0.705. The van der Waals surface area contributed by atoms with Gasteiger partial charge in [0.2, 0.25) is 0 Å². The largest absolute Gasteiger partial charge is 0.495 e. The molecular weight excluding hydrogens is 993 g/mol. The van der Waals surface area contributed by atoms with E-state index in [2.05, 4.69) is 21.8 Å². The number of para-hydroxylation sites is 3. The van der Waals surface area contributed by atoms with Crippen LogP contribution in [0.1, 0.15) is 68.6 Å². The van der Waals surface area contributed by atoms with Crippen LogP contribution in [0.4, 0.5) is 24.5 Å². The fourth-order valence-corrected chi connectivity index (χ4v) is 7.94. The Morgan fingerprint density at radius 1 is 0.699 bits per heavy atom. The monoisotopic (exact) mass is 1030 g/mol. The van der Waals surface area contributed by atoms with Crippen LogP contribution in [0, 0.1) is 41.4 Å². The Labute approximate surface area is 427 Å². The molecule has 4 aromatic carbocycles. The fraction of sp³-hybridized carbons (Fsp3) is 0.208. The molecular formula is C53H41Cl2F3N6O9. The Morgan fingerprint density at radius 2 is 1.30 bits per heavy atom. The van der Waals surface area contributed by atoms with Gasteiger partial charge in [-0.2, -0.15) is 23.7 Å². The smallest absolute Gasteiger partial charge is 0.433 e. The highest BCUT2D eigenvalue weighted by molar-refractivity contribution is 6.34. The van der Waals surface area contributed by atoms with Crippen LogP contribution in [0.25, 0.3) is 22.3 Å². The van der Waals surface area contributed by atoms with E-state index in [0.717, 1.165) is 12.3 Å². The molecule has 6 rings (SSSR count). The first kappa shape index (κ1) is 53.7. The standard InChI is InChI=1S/C53H41Cl2F3N6O9/c1-7-12-31-20-47(53(56,57)58)62-28-38(31)34-21-37(51(67)63(3)42-14-8-9-15-43(42)69-5)46(24-41(34)55)72-29-49(66)73-48(65)17-11-18-71-45-23-40(54)35(39-27-61-33(26-60)19-32(39)25-59)22-36(45)52(68)64(4)50-30(2)13-10-16-44(50)70-6/h8-10,13-16,19-24,27-28H,11,17-18,29H2,1-6H3. The van der Waals surface area contributed by atoms with Crippen molar-refractivity contribution in [2.75, 3.05) is 51.3 Å². The number of carbonyl (C=O) groups is 4. The van der Waals surface area contributed by atoms with Gasteiger partial charge in [-0.3, -0.25) is 19.4 Å². The molecule has 2 aromatic heterocycles. The van der Waals surface area contributed by atoms with Crippen LogP contribution < -0.4 is 28.7 Å². The molecule has 20 heteroatoms. The second kappa shape index (κ2) is 23.5. The number of halogens is 5. The Hall–Kier alpha value is -8.63. The maximum absolute atomic E-state index is 14.3. The van der Waals surface area contributed by atoms with E-state index in [9.17, 15) is 42.9 Å². The van der Waals surface area contributed by atoms with Gasteiger partial charge in [0, 0.05) is 72.9 Å². The van der Waals surface area contributed by atoms with Gasteiger partial charge in [-0.05, 0) is 68.3 Å². The average molecular weight is 1030 g/mol. The number of carbonyl (C=O) groups excluding carboxylic acids is 4. The van der Waals surface area contributed by atoms with E-state index in [1.165, 1.54) is 81.6 Å². The van der Waals surface area contributed by atoms with Gasteiger partial charge in [0.05, 0.1) is 65.0 Å². The van der Waals surface area contributed by atoms with Crippen LogP contribution in [0.5, 0.6) is 23.0 Å². The summed E-state index contributed by atoms with van der Waals surface area (Å²) < 4.78 is 68.7. The van der Waals surface area contributed by atoms with Crippen LogP contribution >= 0.6 is 23.2 Å². The lowest BCUT2D eigenvalue weighted by Gasteiger charge is -2.24. The molecule has 0 spiro atoms. The van der Waals surface area contributed by atoms with Gasteiger partial charge >= 0.3 is 18.1 Å². The molecule has 6 aromatic rings. The third-order valence-corrected chi connectivity index (χ3v) is 11.6. The second-order valence-corrected chi connectivity index (χ2v) is 16.4. The number of nitrogens with zero attached hydrogens (tertiary/aromatic N) is 6. The molecule has 0 radical (unpaired) electrons. The molecule has 2 amide bonds. The first-order valence-electron chi connectivity index (χ1n) is 21.6. The Balaban J connectivity index is 1.20. The highest BCUT2D eigenvalue weighted by atomic mass is 35.5. The summed E-state index contributed by atoms with van der Waals surface area (Å²) in [6, 6.07) is 23.0. The Kier molecular flexibility index (Phi) is 17.3. The van der Waals surface area contributed by atoms with Crippen molar-refractivity contribution in [3.63, 3.8) is 0 Å². The number of anilines is 2. The summed E-state index contributed by atoms with van der Waals surface area (Å²) in [7, 11) is 5.84. The van der Waals surface area contributed by atoms with Gasteiger partial charge in [0.1, 0.15) is 40.5 Å². The average Bonchev–Trinajstić information content (AvgIpc) is 3.38. The number of aromatic nitrogens is 2. The van der Waals surface area contributed by atoms with Crippen LogP contribution in [-0.2, 0) is 20.5 Å². The zero-order valence-corrected chi connectivity index (χ0v) is 41.2.